The van der Waals surface area contributed by atoms with Gasteiger partial charge in [-0.15, -0.1) is 0 Å². The zero-order chi connectivity index (χ0) is 18.4. The SMILES string of the molecule is CCOC(=O)C(=N)C(Nc1ccccn1)c1ccc(C(F)(F)F)cc1. The third kappa shape index (κ3) is 4.79. The van der Waals surface area contributed by atoms with Gasteiger partial charge in [-0.25, -0.2) is 9.78 Å². The second-order valence-electron chi connectivity index (χ2n) is 5.05. The van der Waals surface area contributed by atoms with Crippen LogP contribution in [0.25, 0.3) is 0 Å². The standard InChI is InChI=1S/C17H16F3N3O2/c1-2-25-16(24)14(21)15(23-13-5-3-4-10-22-13)11-6-8-12(9-7-11)17(18,19)20/h3-10,15,21H,2H2,1H3,(H,22,23). The number of esters is 1. The summed E-state index contributed by atoms with van der Waals surface area (Å²) < 4.78 is 43.0. The predicted molar refractivity (Wildman–Crippen MR) is 86.4 cm³/mol. The van der Waals surface area contributed by atoms with Gasteiger partial charge in [0.05, 0.1) is 12.2 Å². The lowest BCUT2D eigenvalue weighted by Gasteiger charge is -2.20. The van der Waals surface area contributed by atoms with Crippen molar-refractivity contribution in [3.05, 3.63) is 59.8 Å². The average molecular weight is 351 g/mol. The molecule has 0 radical (unpaired) electrons. The van der Waals surface area contributed by atoms with Gasteiger partial charge in [-0.3, -0.25) is 5.41 Å². The van der Waals surface area contributed by atoms with Crippen LogP contribution >= 0.6 is 0 Å². The molecule has 0 bridgehead atoms. The molecule has 25 heavy (non-hydrogen) atoms. The minimum absolute atomic E-state index is 0.0878. The molecule has 2 rings (SSSR count). The molecule has 0 aliphatic rings. The van der Waals surface area contributed by atoms with E-state index in [4.69, 9.17) is 10.1 Å². The van der Waals surface area contributed by atoms with Crippen molar-refractivity contribution in [1.82, 2.24) is 4.98 Å². The highest BCUT2D eigenvalue weighted by atomic mass is 19.4. The zero-order valence-electron chi connectivity index (χ0n) is 13.3. The van der Waals surface area contributed by atoms with E-state index in [1.165, 1.54) is 18.3 Å². The minimum atomic E-state index is -4.46. The molecule has 1 unspecified atom stereocenters. The van der Waals surface area contributed by atoms with E-state index in [2.05, 4.69) is 10.3 Å². The quantitative estimate of drug-likeness (QED) is 0.613. The summed E-state index contributed by atoms with van der Waals surface area (Å²) in [6.45, 7) is 1.69. The fourth-order valence-electron chi connectivity index (χ4n) is 2.11. The largest absolute Gasteiger partial charge is 0.461 e. The fraction of sp³-hybridized carbons (Fsp3) is 0.235. The topological polar surface area (TPSA) is 75.1 Å². The number of alkyl halides is 3. The minimum Gasteiger partial charge on any atom is -0.461 e. The Morgan fingerprint density at radius 1 is 1.24 bits per heavy atom. The first-order chi connectivity index (χ1) is 11.8. The number of carbonyl (C=O) groups is 1. The number of ether oxygens (including phenoxy) is 1. The molecule has 0 aliphatic carbocycles. The lowest BCUT2D eigenvalue weighted by atomic mass is 10.00. The van der Waals surface area contributed by atoms with Gasteiger partial charge in [0.2, 0.25) is 0 Å². The van der Waals surface area contributed by atoms with Crippen molar-refractivity contribution in [1.29, 1.82) is 5.41 Å². The molecule has 0 spiro atoms. The highest BCUT2D eigenvalue weighted by Crippen LogP contribution is 2.30. The second kappa shape index (κ2) is 7.78. The number of hydrogen-bond acceptors (Lipinski definition) is 5. The molecule has 0 amide bonds. The summed E-state index contributed by atoms with van der Waals surface area (Å²) in [4.78, 5) is 15.9. The van der Waals surface area contributed by atoms with E-state index in [1.54, 1.807) is 25.1 Å². The third-order valence-corrected chi connectivity index (χ3v) is 3.31. The molecule has 1 aromatic heterocycles. The number of pyridine rings is 1. The van der Waals surface area contributed by atoms with E-state index in [0.29, 0.717) is 11.4 Å². The van der Waals surface area contributed by atoms with Gasteiger partial charge in [-0.1, -0.05) is 18.2 Å². The Kier molecular flexibility index (Phi) is 5.74. The van der Waals surface area contributed by atoms with Gasteiger partial charge in [-0.2, -0.15) is 13.2 Å². The lowest BCUT2D eigenvalue weighted by Crippen LogP contribution is -2.29. The number of nitrogens with one attached hydrogen (secondary N) is 2. The average Bonchev–Trinajstić information content (AvgIpc) is 2.59. The zero-order valence-corrected chi connectivity index (χ0v) is 13.3. The van der Waals surface area contributed by atoms with E-state index in [9.17, 15) is 18.0 Å². The van der Waals surface area contributed by atoms with Crippen LogP contribution in [-0.4, -0.2) is 23.3 Å². The van der Waals surface area contributed by atoms with Gasteiger partial charge in [0, 0.05) is 6.20 Å². The van der Waals surface area contributed by atoms with Crippen molar-refractivity contribution in [2.24, 2.45) is 0 Å². The van der Waals surface area contributed by atoms with Crippen LogP contribution in [0.4, 0.5) is 19.0 Å². The molecule has 2 N–H and O–H groups in total. The van der Waals surface area contributed by atoms with Crippen molar-refractivity contribution >= 4 is 17.5 Å². The molecule has 0 saturated carbocycles. The van der Waals surface area contributed by atoms with Gasteiger partial charge in [-0.05, 0) is 36.8 Å². The molecule has 8 heteroatoms. The summed E-state index contributed by atoms with van der Waals surface area (Å²) in [5.74, 6) is -0.475. The summed E-state index contributed by atoms with van der Waals surface area (Å²) in [5.41, 5.74) is -0.917. The Hall–Kier alpha value is -2.90. The van der Waals surface area contributed by atoms with Crippen molar-refractivity contribution in [3.8, 4) is 0 Å². The van der Waals surface area contributed by atoms with E-state index >= 15 is 0 Å². The van der Waals surface area contributed by atoms with Crippen molar-refractivity contribution in [3.63, 3.8) is 0 Å². The molecule has 5 nitrogen and oxygen atoms in total. The summed E-state index contributed by atoms with van der Waals surface area (Å²) in [5, 5.41) is 10.9. The van der Waals surface area contributed by atoms with Crippen molar-refractivity contribution < 1.29 is 22.7 Å². The first-order valence-corrected chi connectivity index (χ1v) is 7.43. The number of aromatic nitrogens is 1. The Labute approximate surface area is 142 Å². The summed E-state index contributed by atoms with van der Waals surface area (Å²) in [6.07, 6.45) is -2.95. The van der Waals surface area contributed by atoms with E-state index in [1.807, 2.05) is 0 Å². The number of nitrogens with zero attached hydrogens (tertiary/aromatic N) is 1. The Balaban J connectivity index is 2.33. The van der Waals surface area contributed by atoms with Crippen LogP contribution in [0.5, 0.6) is 0 Å². The van der Waals surface area contributed by atoms with Crippen LogP contribution in [0.2, 0.25) is 0 Å². The van der Waals surface area contributed by atoms with Crippen molar-refractivity contribution in [2.75, 3.05) is 11.9 Å². The molecule has 1 aromatic carbocycles. The van der Waals surface area contributed by atoms with E-state index in [0.717, 1.165) is 12.1 Å². The number of hydrogen-bond donors (Lipinski definition) is 2. The second-order valence-corrected chi connectivity index (χ2v) is 5.05. The maximum Gasteiger partial charge on any atom is 0.416 e. The Bertz CT molecular complexity index is 731. The molecule has 132 valence electrons. The molecule has 1 heterocycles. The van der Waals surface area contributed by atoms with E-state index in [-0.39, 0.29) is 6.61 Å². The summed E-state index contributed by atoms with van der Waals surface area (Å²) in [7, 11) is 0. The fourth-order valence-corrected chi connectivity index (χ4v) is 2.11. The van der Waals surface area contributed by atoms with Gasteiger partial charge >= 0.3 is 12.1 Å². The third-order valence-electron chi connectivity index (χ3n) is 3.31. The summed E-state index contributed by atoms with van der Waals surface area (Å²) >= 11 is 0. The Morgan fingerprint density at radius 3 is 2.44 bits per heavy atom. The highest BCUT2D eigenvalue weighted by Gasteiger charge is 2.31. The van der Waals surface area contributed by atoms with Gasteiger partial charge < -0.3 is 10.1 Å². The smallest absolute Gasteiger partial charge is 0.416 e. The van der Waals surface area contributed by atoms with Crippen LogP contribution in [0.15, 0.2) is 48.7 Å². The first kappa shape index (κ1) is 18.4. The van der Waals surface area contributed by atoms with Gasteiger partial charge in [0.15, 0.2) is 0 Å². The number of halogens is 3. The molecular formula is C17H16F3N3O2. The van der Waals surface area contributed by atoms with Crippen LogP contribution in [0, 0.1) is 5.41 Å². The van der Waals surface area contributed by atoms with Gasteiger partial charge in [0.25, 0.3) is 0 Å². The number of benzene rings is 1. The van der Waals surface area contributed by atoms with Gasteiger partial charge in [0.1, 0.15) is 17.6 Å². The normalized spacial score (nSPS) is 12.3. The van der Waals surface area contributed by atoms with E-state index < -0.39 is 29.5 Å². The molecule has 2 aromatic rings. The van der Waals surface area contributed by atoms with Crippen LogP contribution < -0.4 is 5.32 Å². The molecular weight excluding hydrogens is 335 g/mol. The van der Waals surface area contributed by atoms with Crippen LogP contribution in [-0.2, 0) is 15.7 Å². The monoisotopic (exact) mass is 351 g/mol. The first-order valence-electron chi connectivity index (χ1n) is 7.43. The number of rotatable bonds is 6. The summed E-state index contributed by atoms with van der Waals surface area (Å²) in [6, 6.07) is 8.27. The highest BCUT2D eigenvalue weighted by molar-refractivity contribution is 6.37. The molecule has 0 saturated heterocycles. The van der Waals surface area contributed by atoms with Crippen molar-refractivity contribution in [2.45, 2.75) is 19.1 Å². The lowest BCUT2D eigenvalue weighted by molar-refractivity contribution is -0.137. The number of carbonyl (C=O) groups excluding carboxylic acids is 1. The maximum atomic E-state index is 12.7. The molecule has 0 aliphatic heterocycles. The molecule has 1 atom stereocenters. The number of anilines is 1. The van der Waals surface area contributed by atoms with Crippen LogP contribution in [0.1, 0.15) is 24.1 Å². The van der Waals surface area contributed by atoms with Crippen LogP contribution in [0.3, 0.4) is 0 Å². The maximum absolute atomic E-state index is 12.7. The molecule has 0 fully saturated rings. The predicted octanol–water partition coefficient (Wildman–Crippen LogP) is 3.84. The Morgan fingerprint density at radius 2 is 1.92 bits per heavy atom.